The summed E-state index contributed by atoms with van der Waals surface area (Å²) in [5.41, 5.74) is -0.764. The summed E-state index contributed by atoms with van der Waals surface area (Å²) < 4.78 is 42.5. The fourth-order valence-electron chi connectivity index (χ4n) is 3.09. The van der Waals surface area contributed by atoms with Gasteiger partial charge in [0.15, 0.2) is 5.82 Å². The number of anilines is 1. The average molecular weight is 383 g/mol. The zero-order valence-electron chi connectivity index (χ0n) is 14.8. The molecule has 0 radical (unpaired) electrons. The summed E-state index contributed by atoms with van der Waals surface area (Å²) in [6.45, 7) is 1.65. The zero-order chi connectivity index (χ0) is 19.4. The second-order valence-corrected chi connectivity index (χ2v) is 6.52. The Morgan fingerprint density at radius 3 is 2.59 bits per heavy atom. The molecular weight excluding hydrogens is 363 g/mol. The van der Waals surface area contributed by atoms with Crippen molar-refractivity contribution in [2.24, 2.45) is 5.92 Å². The number of alkyl halides is 3. The molecule has 1 amide bonds. The fourth-order valence-corrected chi connectivity index (χ4v) is 3.09. The van der Waals surface area contributed by atoms with Crippen LogP contribution in [0.25, 0.3) is 0 Å². The van der Waals surface area contributed by atoms with Crippen LogP contribution < -0.4 is 4.90 Å². The number of piperidine rings is 1. The van der Waals surface area contributed by atoms with Crippen molar-refractivity contribution in [3.05, 3.63) is 36.1 Å². The van der Waals surface area contributed by atoms with Crippen LogP contribution >= 0.6 is 0 Å². The molecule has 0 atom stereocenters. The molecule has 0 aliphatic carbocycles. The van der Waals surface area contributed by atoms with Gasteiger partial charge >= 0.3 is 6.18 Å². The molecule has 0 unspecified atom stereocenters. The number of amides is 1. The minimum atomic E-state index is -4.39. The van der Waals surface area contributed by atoms with Crippen molar-refractivity contribution in [1.29, 1.82) is 0 Å². The van der Waals surface area contributed by atoms with Crippen LogP contribution in [0.1, 0.15) is 24.2 Å². The first-order valence-electron chi connectivity index (χ1n) is 8.63. The Bertz CT molecular complexity index is 741. The minimum Gasteiger partial charge on any atom is -0.357 e. The van der Waals surface area contributed by atoms with Crippen LogP contribution in [0.3, 0.4) is 0 Å². The average Bonchev–Trinajstić information content (AvgIpc) is 3.19. The van der Waals surface area contributed by atoms with Crippen LogP contribution in [0.5, 0.6) is 0 Å². The number of hydrogen-bond acceptors (Lipinski definition) is 6. The van der Waals surface area contributed by atoms with Gasteiger partial charge in [0, 0.05) is 45.2 Å². The molecule has 1 aliphatic rings. The van der Waals surface area contributed by atoms with E-state index in [0.29, 0.717) is 50.5 Å². The molecule has 10 heteroatoms. The lowest BCUT2D eigenvalue weighted by Crippen LogP contribution is -2.42. The van der Waals surface area contributed by atoms with Gasteiger partial charge in [-0.15, -0.1) is 0 Å². The summed E-state index contributed by atoms with van der Waals surface area (Å²) in [7, 11) is 1.74. The van der Waals surface area contributed by atoms with Gasteiger partial charge in [-0.25, -0.2) is 4.98 Å². The van der Waals surface area contributed by atoms with Crippen LogP contribution in [0, 0.1) is 5.92 Å². The van der Waals surface area contributed by atoms with E-state index in [2.05, 4.69) is 19.6 Å². The van der Waals surface area contributed by atoms with E-state index in [4.69, 9.17) is 0 Å². The molecule has 0 bridgehead atoms. The Morgan fingerprint density at radius 1 is 1.30 bits per heavy atom. The van der Waals surface area contributed by atoms with Gasteiger partial charge < -0.3 is 14.3 Å². The second-order valence-electron chi connectivity index (χ2n) is 6.52. The summed E-state index contributed by atoms with van der Waals surface area (Å²) in [6, 6.07) is 2.41. The molecule has 2 aromatic heterocycles. The Labute approximate surface area is 154 Å². The number of halogens is 3. The van der Waals surface area contributed by atoms with Crippen LogP contribution in [-0.4, -0.2) is 52.6 Å². The van der Waals surface area contributed by atoms with E-state index in [1.807, 2.05) is 4.90 Å². The summed E-state index contributed by atoms with van der Waals surface area (Å²) in [4.78, 5) is 24.0. The lowest BCUT2D eigenvalue weighted by molar-refractivity contribution is -0.138. The van der Waals surface area contributed by atoms with Gasteiger partial charge in [-0.3, -0.25) is 4.79 Å². The summed E-state index contributed by atoms with van der Waals surface area (Å²) >= 11 is 0. The molecule has 7 nitrogen and oxygen atoms in total. The van der Waals surface area contributed by atoms with Gasteiger partial charge in [-0.1, -0.05) is 5.16 Å². The number of carbonyl (C=O) groups is 1. The highest BCUT2D eigenvalue weighted by Crippen LogP contribution is 2.30. The van der Waals surface area contributed by atoms with Crippen LogP contribution in [-0.2, 0) is 17.4 Å². The van der Waals surface area contributed by atoms with Crippen LogP contribution in [0.4, 0.5) is 19.0 Å². The van der Waals surface area contributed by atoms with E-state index in [1.165, 1.54) is 12.5 Å². The summed E-state index contributed by atoms with van der Waals surface area (Å²) in [6.07, 6.45) is -0.507. The first kappa shape index (κ1) is 19.1. The van der Waals surface area contributed by atoms with Gasteiger partial charge in [0.1, 0.15) is 5.82 Å². The topological polar surface area (TPSA) is 75.4 Å². The third kappa shape index (κ3) is 4.75. The summed E-state index contributed by atoms with van der Waals surface area (Å²) in [5, 5.41) is 3.72. The van der Waals surface area contributed by atoms with E-state index in [9.17, 15) is 18.0 Å². The Balaban J connectivity index is 1.49. The fraction of sp³-hybridized carbons (Fsp3) is 0.529. The third-order valence-electron chi connectivity index (χ3n) is 4.70. The van der Waals surface area contributed by atoms with Crippen molar-refractivity contribution in [2.45, 2.75) is 25.4 Å². The molecule has 3 rings (SSSR count). The highest BCUT2D eigenvalue weighted by atomic mass is 19.4. The molecule has 1 aliphatic heterocycles. The van der Waals surface area contributed by atoms with Crippen LogP contribution in [0.2, 0.25) is 0 Å². The SMILES string of the molecule is CN(CCc1ncon1)C(=O)C1CCN(c2ccc(C(F)(F)F)cn2)CC1. The van der Waals surface area contributed by atoms with Gasteiger partial charge in [0.2, 0.25) is 12.3 Å². The maximum atomic E-state index is 12.6. The number of rotatable bonds is 5. The molecule has 2 aromatic rings. The van der Waals surface area contributed by atoms with Crippen molar-refractivity contribution in [3.63, 3.8) is 0 Å². The van der Waals surface area contributed by atoms with E-state index >= 15 is 0 Å². The van der Waals surface area contributed by atoms with Crippen molar-refractivity contribution in [3.8, 4) is 0 Å². The standard InChI is InChI=1S/C17H20F3N5O2/c1-24(7-6-14-22-11-27-23-14)16(26)12-4-8-25(9-5-12)15-3-2-13(10-21-15)17(18,19)20/h2-3,10-12H,4-9H2,1H3. The number of hydrogen-bond donors (Lipinski definition) is 0. The highest BCUT2D eigenvalue weighted by molar-refractivity contribution is 5.78. The smallest absolute Gasteiger partial charge is 0.357 e. The predicted molar refractivity (Wildman–Crippen MR) is 89.8 cm³/mol. The molecule has 0 aromatic carbocycles. The Morgan fingerprint density at radius 2 is 2.04 bits per heavy atom. The van der Waals surface area contributed by atoms with E-state index in [-0.39, 0.29) is 11.8 Å². The zero-order valence-corrected chi connectivity index (χ0v) is 14.8. The normalized spacial score (nSPS) is 15.8. The molecule has 146 valence electrons. The molecule has 0 saturated carbocycles. The van der Waals surface area contributed by atoms with Gasteiger partial charge in [0.25, 0.3) is 0 Å². The maximum absolute atomic E-state index is 12.6. The van der Waals surface area contributed by atoms with Crippen molar-refractivity contribution in [1.82, 2.24) is 20.0 Å². The van der Waals surface area contributed by atoms with Crippen LogP contribution in [0.15, 0.2) is 29.2 Å². The molecule has 0 N–H and O–H groups in total. The monoisotopic (exact) mass is 383 g/mol. The van der Waals surface area contributed by atoms with E-state index in [0.717, 1.165) is 12.3 Å². The first-order valence-corrected chi connectivity index (χ1v) is 8.63. The minimum absolute atomic E-state index is 0.0542. The van der Waals surface area contributed by atoms with Crippen molar-refractivity contribution < 1.29 is 22.5 Å². The lowest BCUT2D eigenvalue weighted by atomic mass is 9.95. The second kappa shape index (κ2) is 7.93. The Hall–Kier alpha value is -2.65. The number of pyridine rings is 1. The predicted octanol–water partition coefficient (Wildman–Crippen LogP) is 2.40. The highest BCUT2D eigenvalue weighted by Gasteiger charge is 2.32. The van der Waals surface area contributed by atoms with Gasteiger partial charge in [0.05, 0.1) is 5.56 Å². The molecule has 27 heavy (non-hydrogen) atoms. The van der Waals surface area contributed by atoms with E-state index < -0.39 is 11.7 Å². The lowest BCUT2D eigenvalue weighted by Gasteiger charge is -2.34. The molecule has 0 spiro atoms. The first-order chi connectivity index (χ1) is 12.8. The number of likely N-dealkylation sites (N-methyl/N-ethyl adjacent to an activating group) is 1. The number of aromatic nitrogens is 3. The van der Waals surface area contributed by atoms with Gasteiger partial charge in [-0.2, -0.15) is 18.2 Å². The molecule has 1 fully saturated rings. The number of carbonyl (C=O) groups excluding carboxylic acids is 1. The Kier molecular flexibility index (Phi) is 5.62. The van der Waals surface area contributed by atoms with Crippen molar-refractivity contribution >= 4 is 11.7 Å². The largest absolute Gasteiger partial charge is 0.417 e. The summed E-state index contributed by atoms with van der Waals surface area (Å²) in [5.74, 6) is 1.00. The van der Waals surface area contributed by atoms with E-state index in [1.54, 1.807) is 11.9 Å². The number of nitrogens with zero attached hydrogens (tertiary/aromatic N) is 5. The molecule has 3 heterocycles. The maximum Gasteiger partial charge on any atom is 0.417 e. The molecule has 1 saturated heterocycles. The quantitative estimate of drug-likeness (QED) is 0.789. The van der Waals surface area contributed by atoms with Crippen molar-refractivity contribution in [2.75, 3.05) is 31.6 Å². The third-order valence-corrected chi connectivity index (χ3v) is 4.70. The van der Waals surface area contributed by atoms with Gasteiger partial charge in [-0.05, 0) is 25.0 Å². The molecular formula is C17H20F3N5O2.